The third-order valence-electron chi connectivity index (χ3n) is 6.45. The zero-order valence-corrected chi connectivity index (χ0v) is 19.6. The van der Waals surface area contributed by atoms with Crippen LogP contribution in [0.2, 0.25) is 0 Å². The van der Waals surface area contributed by atoms with Crippen molar-refractivity contribution in [1.29, 1.82) is 0 Å². The van der Waals surface area contributed by atoms with E-state index in [-0.39, 0.29) is 23.1 Å². The van der Waals surface area contributed by atoms with Gasteiger partial charge in [-0.3, -0.25) is 9.59 Å². The van der Waals surface area contributed by atoms with Gasteiger partial charge in [-0.15, -0.1) is 0 Å². The van der Waals surface area contributed by atoms with E-state index in [1.807, 2.05) is 13.8 Å². The minimum Gasteiger partial charge on any atom is -0.508 e. The van der Waals surface area contributed by atoms with Crippen LogP contribution in [0.4, 0.5) is 0 Å². The Bertz CT molecular complexity index is 1100. The van der Waals surface area contributed by atoms with Crippen molar-refractivity contribution >= 4 is 17.4 Å². The predicted molar refractivity (Wildman–Crippen MR) is 128 cm³/mol. The summed E-state index contributed by atoms with van der Waals surface area (Å²) < 4.78 is 11.3. The van der Waals surface area contributed by atoms with Gasteiger partial charge in [0.25, 0.3) is 11.7 Å². The molecule has 1 saturated carbocycles. The molecule has 0 aromatic heterocycles. The Kier molecular flexibility index (Phi) is 7.10. The molecule has 2 aromatic carbocycles. The second-order valence-electron chi connectivity index (χ2n) is 8.62. The SMILES string of the molecule is CCOc1ccc(/C(O)=C2/C(=O)C(=O)N(C3CCCCC3)C2c2cccc(O)c2)c(OCC)c1. The van der Waals surface area contributed by atoms with Crippen LogP contribution in [-0.4, -0.2) is 46.1 Å². The summed E-state index contributed by atoms with van der Waals surface area (Å²) in [6.07, 6.45) is 4.66. The molecule has 1 unspecified atom stereocenters. The third-order valence-corrected chi connectivity index (χ3v) is 6.45. The Balaban J connectivity index is 1.88. The number of aliphatic hydroxyl groups excluding tert-OH is 1. The molecule has 34 heavy (non-hydrogen) atoms. The molecule has 0 spiro atoms. The van der Waals surface area contributed by atoms with Crippen molar-refractivity contribution in [3.8, 4) is 17.2 Å². The second-order valence-corrected chi connectivity index (χ2v) is 8.62. The van der Waals surface area contributed by atoms with E-state index in [0.717, 1.165) is 32.1 Å². The van der Waals surface area contributed by atoms with Crippen LogP contribution >= 0.6 is 0 Å². The zero-order chi connectivity index (χ0) is 24.2. The van der Waals surface area contributed by atoms with Crippen LogP contribution in [-0.2, 0) is 9.59 Å². The van der Waals surface area contributed by atoms with Gasteiger partial charge in [-0.2, -0.15) is 0 Å². The molecular weight excluding hydrogens is 434 g/mol. The highest BCUT2D eigenvalue weighted by Crippen LogP contribution is 2.44. The van der Waals surface area contributed by atoms with Crippen molar-refractivity contribution in [2.75, 3.05) is 13.2 Å². The fourth-order valence-corrected chi connectivity index (χ4v) is 4.98. The quantitative estimate of drug-likeness (QED) is 0.341. The highest BCUT2D eigenvalue weighted by Gasteiger charge is 2.49. The summed E-state index contributed by atoms with van der Waals surface area (Å²) >= 11 is 0. The van der Waals surface area contributed by atoms with Crippen molar-refractivity contribution in [3.05, 3.63) is 59.2 Å². The van der Waals surface area contributed by atoms with E-state index in [2.05, 4.69) is 0 Å². The number of aromatic hydroxyl groups is 1. The van der Waals surface area contributed by atoms with E-state index in [1.165, 1.54) is 6.07 Å². The van der Waals surface area contributed by atoms with Crippen LogP contribution in [0.1, 0.15) is 63.1 Å². The van der Waals surface area contributed by atoms with Crippen LogP contribution in [0.15, 0.2) is 48.0 Å². The molecule has 180 valence electrons. The van der Waals surface area contributed by atoms with Crippen molar-refractivity contribution in [1.82, 2.24) is 4.90 Å². The molecule has 0 radical (unpaired) electrons. The number of Topliss-reactive ketones (excluding diaryl/α,β-unsaturated/α-hetero) is 1. The Morgan fingerprint density at radius 1 is 1.00 bits per heavy atom. The Labute approximate surface area is 199 Å². The van der Waals surface area contributed by atoms with E-state index in [9.17, 15) is 19.8 Å². The van der Waals surface area contributed by atoms with Crippen LogP contribution in [0.3, 0.4) is 0 Å². The summed E-state index contributed by atoms with van der Waals surface area (Å²) in [5.74, 6) is -0.670. The van der Waals surface area contributed by atoms with Gasteiger partial charge in [0.05, 0.1) is 30.4 Å². The van der Waals surface area contributed by atoms with Crippen molar-refractivity contribution < 1.29 is 29.3 Å². The molecule has 1 amide bonds. The van der Waals surface area contributed by atoms with Crippen molar-refractivity contribution in [3.63, 3.8) is 0 Å². The molecule has 2 fully saturated rings. The van der Waals surface area contributed by atoms with Gasteiger partial charge in [-0.05, 0) is 56.5 Å². The molecule has 7 nitrogen and oxygen atoms in total. The number of benzene rings is 2. The highest BCUT2D eigenvalue weighted by molar-refractivity contribution is 6.46. The van der Waals surface area contributed by atoms with Gasteiger partial charge in [-0.1, -0.05) is 31.4 Å². The maximum absolute atomic E-state index is 13.3. The predicted octanol–water partition coefficient (Wildman–Crippen LogP) is 4.94. The first kappa shape index (κ1) is 23.7. The first-order valence-electron chi connectivity index (χ1n) is 11.9. The van der Waals surface area contributed by atoms with Gasteiger partial charge in [0, 0.05) is 12.1 Å². The average molecular weight is 466 g/mol. The number of carbonyl (C=O) groups excluding carboxylic acids is 2. The molecule has 1 saturated heterocycles. The van der Waals surface area contributed by atoms with Gasteiger partial charge in [-0.25, -0.2) is 0 Å². The van der Waals surface area contributed by atoms with Gasteiger partial charge < -0.3 is 24.6 Å². The van der Waals surface area contributed by atoms with Gasteiger partial charge >= 0.3 is 0 Å². The van der Waals surface area contributed by atoms with Crippen LogP contribution < -0.4 is 9.47 Å². The third kappa shape index (κ3) is 4.47. The topological polar surface area (TPSA) is 96.3 Å². The first-order chi connectivity index (χ1) is 16.5. The number of ketones is 1. The molecule has 1 heterocycles. The standard InChI is InChI=1S/C27H31NO6/c1-3-33-20-13-14-21(22(16-20)34-4-2)25(30)23-24(17-9-8-12-19(29)15-17)28(27(32)26(23)31)18-10-6-5-7-11-18/h8-9,12-16,18,24,29-30H,3-7,10-11H2,1-2H3/b25-23-. The Morgan fingerprint density at radius 2 is 1.74 bits per heavy atom. The summed E-state index contributed by atoms with van der Waals surface area (Å²) in [5, 5.41) is 21.6. The number of hydrogen-bond acceptors (Lipinski definition) is 6. The summed E-state index contributed by atoms with van der Waals surface area (Å²) in [6.45, 7) is 4.52. The number of amides is 1. The fraction of sp³-hybridized carbons (Fsp3) is 0.407. The molecule has 0 bridgehead atoms. The summed E-state index contributed by atoms with van der Waals surface area (Å²) in [7, 11) is 0. The van der Waals surface area contributed by atoms with Gasteiger partial charge in [0.1, 0.15) is 23.0 Å². The number of likely N-dealkylation sites (tertiary alicyclic amines) is 1. The smallest absolute Gasteiger partial charge is 0.295 e. The van der Waals surface area contributed by atoms with Gasteiger partial charge in [0.2, 0.25) is 0 Å². The first-order valence-corrected chi connectivity index (χ1v) is 11.9. The van der Waals surface area contributed by atoms with Crippen molar-refractivity contribution in [2.45, 2.75) is 58.0 Å². The lowest BCUT2D eigenvalue weighted by Crippen LogP contribution is -2.40. The molecule has 1 atom stereocenters. The van der Waals surface area contributed by atoms with E-state index < -0.39 is 17.7 Å². The highest BCUT2D eigenvalue weighted by atomic mass is 16.5. The summed E-state index contributed by atoms with van der Waals surface area (Å²) in [4.78, 5) is 28.2. The molecule has 4 rings (SSSR count). The molecule has 1 aliphatic carbocycles. The average Bonchev–Trinajstić information content (AvgIpc) is 3.10. The number of phenols is 1. The number of ether oxygens (including phenoxy) is 2. The molecule has 7 heteroatoms. The second kappa shape index (κ2) is 10.2. The monoisotopic (exact) mass is 465 g/mol. The fourth-order valence-electron chi connectivity index (χ4n) is 4.98. The Hall–Kier alpha value is -3.48. The molecular formula is C27H31NO6. The lowest BCUT2D eigenvalue weighted by atomic mass is 9.90. The lowest BCUT2D eigenvalue weighted by molar-refractivity contribution is -0.141. The van der Waals surface area contributed by atoms with E-state index in [0.29, 0.717) is 35.8 Å². The van der Waals surface area contributed by atoms with Crippen molar-refractivity contribution in [2.24, 2.45) is 0 Å². The van der Waals surface area contributed by atoms with Gasteiger partial charge in [0.15, 0.2) is 0 Å². The molecule has 1 aliphatic heterocycles. The minimum absolute atomic E-state index is 0.00582. The largest absolute Gasteiger partial charge is 0.508 e. The number of hydrogen-bond donors (Lipinski definition) is 2. The Morgan fingerprint density at radius 3 is 2.41 bits per heavy atom. The van der Waals surface area contributed by atoms with Crippen LogP contribution in [0.25, 0.3) is 5.76 Å². The van der Waals surface area contributed by atoms with E-state index in [1.54, 1.807) is 41.3 Å². The number of phenolic OH excluding ortho intramolecular Hbond substituents is 1. The number of nitrogens with zero attached hydrogens (tertiary/aromatic N) is 1. The summed E-state index contributed by atoms with van der Waals surface area (Å²) in [5.41, 5.74) is 0.901. The van der Waals surface area contributed by atoms with E-state index in [4.69, 9.17) is 9.47 Å². The maximum atomic E-state index is 13.3. The molecule has 2 aromatic rings. The number of carbonyl (C=O) groups is 2. The van der Waals surface area contributed by atoms with E-state index >= 15 is 0 Å². The zero-order valence-electron chi connectivity index (χ0n) is 19.6. The van der Waals surface area contributed by atoms with Crippen LogP contribution in [0.5, 0.6) is 17.2 Å². The maximum Gasteiger partial charge on any atom is 0.295 e. The molecule has 2 aliphatic rings. The number of aliphatic hydroxyl groups is 1. The van der Waals surface area contributed by atoms with Crippen LogP contribution in [0, 0.1) is 0 Å². The lowest BCUT2D eigenvalue weighted by Gasteiger charge is -2.35. The molecule has 2 N–H and O–H groups in total. The normalized spacial score (nSPS) is 20.5. The number of rotatable bonds is 7. The minimum atomic E-state index is -0.795. The summed E-state index contributed by atoms with van der Waals surface area (Å²) in [6, 6.07) is 10.6.